The predicted octanol–water partition coefficient (Wildman–Crippen LogP) is 5.13. The molecule has 0 unspecified atom stereocenters. The molecule has 0 radical (unpaired) electrons. The van der Waals surface area contributed by atoms with Crippen molar-refractivity contribution < 1.29 is 19.1 Å². The molecule has 0 fully saturated rings. The van der Waals surface area contributed by atoms with Crippen molar-refractivity contribution in [2.24, 2.45) is 0 Å². The van der Waals surface area contributed by atoms with E-state index in [1.165, 1.54) is 0 Å². The number of hydrogen-bond donors (Lipinski definition) is 2. The van der Waals surface area contributed by atoms with Crippen LogP contribution in [0.4, 0.5) is 15.3 Å². The minimum atomic E-state index is -0.764. The molecule has 0 aromatic heterocycles. The van der Waals surface area contributed by atoms with Gasteiger partial charge in [-0.15, -0.1) is 0 Å². The summed E-state index contributed by atoms with van der Waals surface area (Å²) in [6.07, 6.45) is -0.764. The van der Waals surface area contributed by atoms with Gasteiger partial charge in [-0.25, -0.2) is 9.59 Å². The lowest BCUT2D eigenvalue weighted by molar-refractivity contribution is 0.104. The largest absolute Gasteiger partial charge is 0.513 e. The summed E-state index contributed by atoms with van der Waals surface area (Å²) >= 11 is 0. The van der Waals surface area contributed by atoms with Gasteiger partial charge in [0.05, 0.1) is 12.6 Å². The zero-order valence-corrected chi connectivity index (χ0v) is 16.0. The summed E-state index contributed by atoms with van der Waals surface area (Å²) in [7, 11) is 0. The summed E-state index contributed by atoms with van der Waals surface area (Å²) in [4.78, 5) is 23.9. The molecule has 6 heteroatoms. The molecule has 0 saturated heterocycles. The summed E-state index contributed by atoms with van der Waals surface area (Å²) in [6.45, 7) is 1.94. The Kier molecular flexibility index (Phi) is 6.84. The van der Waals surface area contributed by atoms with Gasteiger partial charge >= 0.3 is 12.2 Å². The molecular weight excluding hydrogens is 368 g/mol. The van der Waals surface area contributed by atoms with E-state index in [-0.39, 0.29) is 18.7 Å². The van der Waals surface area contributed by atoms with Crippen LogP contribution < -0.4 is 15.4 Å². The topological polar surface area (TPSA) is 76.7 Å². The fraction of sp³-hybridized carbons (Fsp3) is 0.130. The van der Waals surface area contributed by atoms with E-state index in [1.54, 1.807) is 31.2 Å². The molecule has 2 amide bonds. The standard InChI is InChI=1S/C23H22N2O4/c1-2-28-23(27)29-20-15-13-19(14-16-20)24-22(26)25-21(17-9-5-3-6-10-17)18-11-7-4-8-12-18/h3-16,21H,2H2,1H3,(H2,24,25,26). The summed E-state index contributed by atoms with van der Waals surface area (Å²) in [5.74, 6) is 0.334. The Labute approximate surface area is 169 Å². The minimum absolute atomic E-state index is 0.239. The monoisotopic (exact) mass is 390 g/mol. The summed E-state index contributed by atoms with van der Waals surface area (Å²) in [5.41, 5.74) is 2.53. The number of carbonyl (C=O) groups excluding carboxylic acids is 2. The predicted molar refractivity (Wildman–Crippen MR) is 111 cm³/mol. The average molecular weight is 390 g/mol. The van der Waals surface area contributed by atoms with Crippen molar-refractivity contribution in [1.29, 1.82) is 0 Å². The quantitative estimate of drug-likeness (QED) is 0.452. The van der Waals surface area contributed by atoms with E-state index in [0.29, 0.717) is 11.4 Å². The second kappa shape index (κ2) is 9.94. The van der Waals surface area contributed by atoms with Crippen molar-refractivity contribution in [3.8, 4) is 5.75 Å². The van der Waals surface area contributed by atoms with Crippen LogP contribution in [0.5, 0.6) is 5.75 Å². The molecule has 3 aromatic carbocycles. The van der Waals surface area contributed by atoms with Crippen LogP contribution in [0.2, 0.25) is 0 Å². The number of carbonyl (C=O) groups is 2. The van der Waals surface area contributed by atoms with Gasteiger partial charge in [-0.3, -0.25) is 0 Å². The van der Waals surface area contributed by atoms with E-state index in [4.69, 9.17) is 9.47 Å². The zero-order valence-electron chi connectivity index (χ0n) is 16.0. The molecule has 2 N–H and O–H groups in total. The third-order valence-corrected chi connectivity index (χ3v) is 4.12. The molecular formula is C23H22N2O4. The van der Waals surface area contributed by atoms with Crippen LogP contribution in [0, 0.1) is 0 Å². The molecule has 0 bridgehead atoms. The van der Waals surface area contributed by atoms with Gasteiger partial charge in [0.25, 0.3) is 0 Å². The average Bonchev–Trinajstić information content (AvgIpc) is 2.75. The number of benzene rings is 3. The van der Waals surface area contributed by atoms with Crippen LogP contribution in [0.3, 0.4) is 0 Å². The maximum Gasteiger partial charge on any atom is 0.513 e. The highest BCUT2D eigenvalue weighted by Crippen LogP contribution is 2.22. The third-order valence-electron chi connectivity index (χ3n) is 4.12. The lowest BCUT2D eigenvalue weighted by Gasteiger charge is -2.20. The Hall–Kier alpha value is -3.80. The molecule has 0 heterocycles. The summed E-state index contributed by atoms with van der Waals surface area (Å²) in [5, 5.41) is 5.80. The van der Waals surface area contributed by atoms with Gasteiger partial charge in [0.2, 0.25) is 0 Å². The van der Waals surface area contributed by atoms with Gasteiger partial charge in [-0.05, 0) is 42.3 Å². The molecule has 0 saturated carbocycles. The van der Waals surface area contributed by atoms with Crippen LogP contribution in [-0.4, -0.2) is 18.8 Å². The van der Waals surface area contributed by atoms with E-state index >= 15 is 0 Å². The maximum atomic E-state index is 12.6. The van der Waals surface area contributed by atoms with Gasteiger partial charge in [0.1, 0.15) is 5.75 Å². The number of rotatable bonds is 6. The van der Waals surface area contributed by atoms with E-state index in [2.05, 4.69) is 10.6 Å². The molecule has 0 atom stereocenters. The van der Waals surface area contributed by atoms with Crippen LogP contribution >= 0.6 is 0 Å². The van der Waals surface area contributed by atoms with Gasteiger partial charge < -0.3 is 20.1 Å². The molecule has 29 heavy (non-hydrogen) atoms. The highest BCUT2D eigenvalue weighted by molar-refractivity contribution is 5.89. The first-order valence-corrected chi connectivity index (χ1v) is 9.28. The summed E-state index contributed by atoms with van der Waals surface area (Å²) < 4.78 is 9.73. The molecule has 0 aliphatic heterocycles. The lowest BCUT2D eigenvalue weighted by Crippen LogP contribution is -2.33. The Balaban J connectivity index is 1.67. The first-order valence-electron chi connectivity index (χ1n) is 9.28. The first-order chi connectivity index (χ1) is 14.2. The van der Waals surface area contributed by atoms with Gasteiger partial charge in [0.15, 0.2) is 0 Å². The highest BCUT2D eigenvalue weighted by atomic mass is 16.7. The minimum Gasteiger partial charge on any atom is -0.434 e. The Morgan fingerprint density at radius 1 is 0.828 bits per heavy atom. The number of amides is 2. The van der Waals surface area contributed by atoms with E-state index < -0.39 is 6.16 Å². The molecule has 3 rings (SSSR count). The van der Waals surface area contributed by atoms with Crippen LogP contribution in [0.25, 0.3) is 0 Å². The number of urea groups is 1. The second-order valence-corrected chi connectivity index (χ2v) is 6.16. The first kappa shape index (κ1) is 19.9. The third kappa shape index (κ3) is 5.84. The molecule has 3 aromatic rings. The van der Waals surface area contributed by atoms with Crippen molar-refractivity contribution in [1.82, 2.24) is 5.32 Å². The van der Waals surface area contributed by atoms with Crippen LogP contribution in [-0.2, 0) is 4.74 Å². The number of anilines is 1. The number of nitrogens with one attached hydrogen (secondary N) is 2. The van der Waals surface area contributed by atoms with Crippen molar-refractivity contribution >= 4 is 17.9 Å². The molecule has 148 valence electrons. The molecule has 6 nitrogen and oxygen atoms in total. The number of ether oxygens (including phenoxy) is 2. The van der Waals surface area contributed by atoms with Crippen molar-refractivity contribution in [2.45, 2.75) is 13.0 Å². The van der Waals surface area contributed by atoms with Crippen LogP contribution in [0.15, 0.2) is 84.9 Å². The molecule has 0 spiro atoms. The van der Waals surface area contributed by atoms with Crippen LogP contribution in [0.1, 0.15) is 24.1 Å². The van der Waals surface area contributed by atoms with E-state index in [1.807, 2.05) is 60.7 Å². The fourth-order valence-electron chi connectivity index (χ4n) is 2.80. The normalized spacial score (nSPS) is 10.3. The van der Waals surface area contributed by atoms with Crippen molar-refractivity contribution in [3.05, 3.63) is 96.1 Å². The van der Waals surface area contributed by atoms with Crippen molar-refractivity contribution in [2.75, 3.05) is 11.9 Å². The fourth-order valence-corrected chi connectivity index (χ4v) is 2.80. The molecule has 0 aliphatic carbocycles. The Morgan fingerprint density at radius 2 is 1.38 bits per heavy atom. The number of hydrogen-bond acceptors (Lipinski definition) is 4. The van der Waals surface area contributed by atoms with Gasteiger partial charge in [-0.2, -0.15) is 0 Å². The highest BCUT2D eigenvalue weighted by Gasteiger charge is 2.16. The van der Waals surface area contributed by atoms with Gasteiger partial charge in [0, 0.05) is 5.69 Å². The SMILES string of the molecule is CCOC(=O)Oc1ccc(NC(=O)NC(c2ccccc2)c2ccccc2)cc1. The maximum absolute atomic E-state index is 12.6. The lowest BCUT2D eigenvalue weighted by atomic mass is 9.99. The molecule has 0 aliphatic rings. The second-order valence-electron chi connectivity index (χ2n) is 6.16. The van der Waals surface area contributed by atoms with Crippen molar-refractivity contribution in [3.63, 3.8) is 0 Å². The van der Waals surface area contributed by atoms with E-state index in [9.17, 15) is 9.59 Å². The zero-order chi connectivity index (χ0) is 20.5. The van der Waals surface area contributed by atoms with E-state index in [0.717, 1.165) is 11.1 Å². The van der Waals surface area contributed by atoms with Gasteiger partial charge in [-0.1, -0.05) is 60.7 Å². The smallest absolute Gasteiger partial charge is 0.434 e. The Morgan fingerprint density at radius 3 is 1.90 bits per heavy atom. The Bertz CT molecular complexity index is 889. The summed E-state index contributed by atoms with van der Waals surface area (Å²) in [6, 6.07) is 25.3.